The molecular formula is C31H32N2O3. The average molecular weight is 481 g/mol. The molecule has 0 amide bonds. The summed E-state index contributed by atoms with van der Waals surface area (Å²) in [6.07, 6.45) is 2.37. The van der Waals surface area contributed by atoms with E-state index in [1.54, 1.807) is 14.2 Å². The van der Waals surface area contributed by atoms with Crippen molar-refractivity contribution in [2.75, 3.05) is 38.8 Å². The Kier molecular flexibility index (Phi) is 7.08. The van der Waals surface area contributed by atoms with E-state index in [1.165, 1.54) is 12.8 Å². The third-order valence-corrected chi connectivity index (χ3v) is 6.66. The first kappa shape index (κ1) is 23.7. The molecule has 0 N–H and O–H groups in total. The normalized spacial score (nSPS) is 13.0. The highest BCUT2D eigenvalue weighted by molar-refractivity contribution is 5.91. The topological polar surface area (TPSA) is 43.8 Å². The molecule has 0 radical (unpaired) electrons. The van der Waals surface area contributed by atoms with Gasteiger partial charge >= 0.3 is 0 Å². The Morgan fingerprint density at radius 3 is 1.97 bits per heavy atom. The standard InChI is InChI=1S/C31H32N2O3/c1-4-36-29-9-7-8-27(31(29)33-20-5-6-21-33)30-26(22-10-14-24(34-2)15-11-22)18-19-28(32-30)23-12-16-25(35-3)17-13-23/h7-19H,4-6,20-21H2,1-3H3. The number of benzene rings is 3. The summed E-state index contributed by atoms with van der Waals surface area (Å²) in [5.41, 5.74) is 7.28. The summed E-state index contributed by atoms with van der Waals surface area (Å²) in [5, 5.41) is 0. The van der Waals surface area contributed by atoms with Crippen LogP contribution in [0.3, 0.4) is 0 Å². The number of rotatable bonds is 8. The fourth-order valence-electron chi connectivity index (χ4n) is 4.84. The number of methoxy groups -OCH3 is 2. The number of anilines is 1. The molecule has 0 unspecified atom stereocenters. The van der Waals surface area contributed by atoms with Crippen LogP contribution in [0.4, 0.5) is 5.69 Å². The van der Waals surface area contributed by atoms with Gasteiger partial charge in [-0.1, -0.05) is 30.3 Å². The van der Waals surface area contributed by atoms with E-state index in [2.05, 4.69) is 59.5 Å². The fraction of sp³-hybridized carbons (Fsp3) is 0.258. The molecule has 36 heavy (non-hydrogen) atoms. The molecule has 1 saturated heterocycles. The largest absolute Gasteiger partial charge is 0.497 e. The molecule has 4 aromatic rings. The van der Waals surface area contributed by atoms with Crippen molar-refractivity contribution in [3.05, 3.63) is 78.9 Å². The van der Waals surface area contributed by atoms with Crippen LogP contribution >= 0.6 is 0 Å². The summed E-state index contributed by atoms with van der Waals surface area (Å²) < 4.78 is 16.9. The van der Waals surface area contributed by atoms with Crippen LogP contribution in [0.25, 0.3) is 33.6 Å². The number of hydrogen-bond acceptors (Lipinski definition) is 5. The molecule has 5 heteroatoms. The molecule has 3 aromatic carbocycles. The maximum Gasteiger partial charge on any atom is 0.143 e. The highest BCUT2D eigenvalue weighted by atomic mass is 16.5. The lowest BCUT2D eigenvalue weighted by Crippen LogP contribution is -2.20. The summed E-state index contributed by atoms with van der Waals surface area (Å²) >= 11 is 0. The first-order chi connectivity index (χ1) is 17.7. The Labute approximate surface area is 213 Å². The molecule has 5 rings (SSSR count). The van der Waals surface area contributed by atoms with Crippen LogP contribution in [0.5, 0.6) is 17.2 Å². The van der Waals surface area contributed by atoms with E-state index in [9.17, 15) is 0 Å². The molecule has 1 aliphatic heterocycles. The monoisotopic (exact) mass is 480 g/mol. The number of aromatic nitrogens is 1. The number of ether oxygens (including phenoxy) is 3. The van der Waals surface area contributed by atoms with Gasteiger partial charge in [-0.15, -0.1) is 0 Å². The Bertz CT molecular complexity index is 1310. The number of para-hydroxylation sites is 1. The third-order valence-electron chi connectivity index (χ3n) is 6.66. The van der Waals surface area contributed by atoms with Gasteiger partial charge in [0.15, 0.2) is 0 Å². The van der Waals surface area contributed by atoms with Crippen molar-refractivity contribution in [2.45, 2.75) is 19.8 Å². The number of pyridine rings is 1. The van der Waals surface area contributed by atoms with E-state index in [4.69, 9.17) is 19.2 Å². The zero-order valence-corrected chi connectivity index (χ0v) is 21.2. The molecule has 0 aliphatic carbocycles. The second-order valence-electron chi connectivity index (χ2n) is 8.83. The molecule has 0 spiro atoms. The second kappa shape index (κ2) is 10.7. The van der Waals surface area contributed by atoms with Gasteiger partial charge < -0.3 is 19.1 Å². The first-order valence-electron chi connectivity index (χ1n) is 12.5. The molecule has 1 fully saturated rings. The van der Waals surface area contributed by atoms with Gasteiger partial charge in [-0.25, -0.2) is 4.98 Å². The van der Waals surface area contributed by atoms with Gasteiger partial charge in [-0.3, -0.25) is 0 Å². The third kappa shape index (κ3) is 4.74. The Morgan fingerprint density at radius 1 is 0.722 bits per heavy atom. The predicted molar refractivity (Wildman–Crippen MR) is 146 cm³/mol. The van der Waals surface area contributed by atoms with Gasteiger partial charge in [0.1, 0.15) is 17.2 Å². The molecule has 0 saturated carbocycles. The SMILES string of the molecule is CCOc1cccc(-c2nc(-c3ccc(OC)cc3)ccc2-c2ccc(OC)cc2)c1N1CCCC1. The van der Waals surface area contributed by atoms with Crippen molar-refractivity contribution in [3.63, 3.8) is 0 Å². The van der Waals surface area contributed by atoms with Crippen molar-refractivity contribution in [1.82, 2.24) is 4.98 Å². The van der Waals surface area contributed by atoms with E-state index < -0.39 is 0 Å². The van der Waals surface area contributed by atoms with E-state index in [1.807, 2.05) is 31.2 Å². The van der Waals surface area contributed by atoms with Gasteiger partial charge in [0.05, 0.1) is 37.9 Å². The highest BCUT2D eigenvalue weighted by Gasteiger charge is 2.24. The van der Waals surface area contributed by atoms with Gasteiger partial charge in [0, 0.05) is 29.8 Å². The molecule has 0 atom stereocenters. The number of hydrogen-bond donors (Lipinski definition) is 0. The van der Waals surface area contributed by atoms with Crippen molar-refractivity contribution in [1.29, 1.82) is 0 Å². The lowest BCUT2D eigenvalue weighted by atomic mass is 9.96. The zero-order valence-electron chi connectivity index (χ0n) is 21.2. The zero-order chi connectivity index (χ0) is 24.9. The van der Waals surface area contributed by atoms with Gasteiger partial charge in [-0.05, 0) is 73.9 Å². The Balaban J connectivity index is 1.71. The molecule has 1 aromatic heterocycles. The van der Waals surface area contributed by atoms with E-state index in [-0.39, 0.29) is 0 Å². The minimum Gasteiger partial charge on any atom is -0.497 e. The fourth-order valence-corrected chi connectivity index (χ4v) is 4.84. The Hall–Kier alpha value is -3.99. The van der Waals surface area contributed by atoms with Crippen LogP contribution in [-0.2, 0) is 0 Å². The molecule has 5 nitrogen and oxygen atoms in total. The minimum absolute atomic E-state index is 0.620. The van der Waals surface area contributed by atoms with E-state index >= 15 is 0 Å². The van der Waals surface area contributed by atoms with E-state index in [0.29, 0.717) is 6.61 Å². The first-order valence-corrected chi connectivity index (χ1v) is 12.5. The summed E-state index contributed by atoms with van der Waals surface area (Å²) in [6, 6.07) is 26.8. The lowest BCUT2D eigenvalue weighted by molar-refractivity contribution is 0.341. The Morgan fingerprint density at radius 2 is 1.36 bits per heavy atom. The van der Waals surface area contributed by atoms with Crippen molar-refractivity contribution < 1.29 is 14.2 Å². The molecule has 2 heterocycles. The smallest absolute Gasteiger partial charge is 0.143 e. The van der Waals surface area contributed by atoms with Crippen LogP contribution < -0.4 is 19.1 Å². The van der Waals surface area contributed by atoms with Gasteiger partial charge in [-0.2, -0.15) is 0 Å². The summed E-state index contributed by atoms with van der Waals surface area (Å²) in [5.74, 6) is 2.57. The summed E-state index contributed by atoms with van der Waals surface area (Å²) in [4.78, 5) is 7.71. The van der Waals surface area contributed by atoms with Gasteiger partial charge in [0.25, 0.3) is 0 Å². The van der Waals surface area contributed by atoms with Crippen LogP contribution in [0, 0.1) is 0 Å². The summed E-state index contributed by atoms with van der Waals surface area (Å²) in [6.45, 7) is 4.70. The second-order valence-corrected chi connectivity index (χ2v) is 8.83. The van der Waals surface area contributed by atoms with Crippen LogP contribution in [0.1, 0.15) is 19.8 Å². The quantitative estimate of drug-likeness (QED) is 0.269. The maximum atomic E-state index is 6.13. The average Bonchev–Trinajstić information content (AvgIpc) is 3.48. The van der Waals surface area contributed by atoms with Crippen LogP contribution in [0.2, 0.25) is 0 Å². The molecule has 0 bridgehead atoms. The number of nitrogens with zero attached hydrogens (tertiary/aromatic N) is 2. The molecule has 1 aliphatic rings. The van der Waals surface area contributed by atoms with Crippen molar-refractivity contribution >= 4 is 5.69 Å². The van der Waals surface area contributed by atoms with Crippen LogP contribution in [0.15, 0.2) is 78.9 Å². The molecular weight excluding hydrogens is 448 g/mol. The summed E-state index contributed by atoms with van der Waals surface area (Å²) in [7, 11) is 3.37. The molecule has 184 valence electrons. The lowest BCUT2D eigenvalue weighted by Gasteiger charge is -2.25. The van der Waals surface area contributed by atoms with Crippen molar-refractivity contribution in [2.24, 2.45) is 0 Å². The highest BCUT2D eigenvalue weighted by Crippen LogP contribution is 2.43. The maximum absolute atomic E-state index is 6.13. The van der Waals surface area contributed by atoms with E-state index in [0.717, 1.165) is 69.7 Å². The van der Waals surface area contributed by atoms with Gasteiger partial charge in [0.2, 0.25) is 0 Å². The predicted octanol–water partition coefficient (Wildman–Crippen LogP) is 7.10. The minimum atomic E-state index is 0.620. The van der Waals surface area contributed by atoms with Crippen LogP contribution in [-0.4, -0.2) is 38.9 Å². The van der Waals surface area contributed by atoms with Crippen molar-refractivity contribution in [3.8, 4) is 50.9 Å².